The monoisotopic (exact) mass is 244 g/mol. The molecule has 0 atom stereocenters. The molecule has 17 heavy (non-hydrogen) atoms. The molecule has 2 nitrogen and oxygen atoms in total. The average molecular weight is 244 g/mol. The molecular formula is C14H16N2S. The van der Waals surface area contributed by atoms with E-state index in [0.29, 0.717) is 6.54 Å². The van der Waals surface area contributed by atoms with E-state index in [1.807, 2.05) is 0 Å². The summed E-state index contributed by atoms with van der Waals surface area (Å²) in [5, 5.41) is 0. The summed E-state index contributed by atoms with van der Waals surface area (Å²) in [6, 6.07) is 12.8. The molecule has 1 aromatic carbocycles. The van der Waals surface area contributed by atoms with Crippen molar-refractivity contribution in [2.45, 2.75) is 24.9 Å². The van der Waals surface area contributed by atoms with Gasteiger partial charge >= 0.3 is 0 Å². The standard InChI is InChI=1S/C14H16N2S/c15-9-12-4-5-13(17-12)10-2-1-3-11(8-10)14(16)6-7-14/h1-5,8H,6-7,9,15-16H2. The molecule has 1 saturated carbocycles. The zero-order chi connectivity index (χ0) is 11.9. The molecule has 88 valence electrons. The Labute approximate surface area is 105 Å². The summed E-state index contributed by atoms with van der Waals surface area (Å²) in [4.78, 5) is 2.50. The van der Waals surface area contributed by atoms with Gasteiger partial charge in [-0.15, -0.1) is 11.3 Å². The van der Waals surface area contributed by atoms with Gasteiger partial charge in [0.25, 0.3) is 0 Å². The Hall–Kier alpha value is -1.16. The second kappa shape index (κ2) is 3.95. The third-order valence-corrected chi connectivity index (χ3v) is 4.53. The molecule has 0 radical (unpaired) electrons. The van der Waals surface area contributed by atoms with Gasteiger partial charge < -0.3 is 11.5 Å². The van der Waals surface area contributed by atoms with Gasteiger partial charge in [-0.1, -0.05) is 18.2 Å². The van der Waals surface area contributed by atoms with Gasteiger partial charge in [0.1, 0.15) is 0 Å². The molecule has 0 spiro atoms. The van der Waals surface area contributed by atoms with Crippen LogP contribution in [0.4, 0.5) is 0 Å². The fourth-order valence-corrected chi connectivity index (χ4v) is 2.93. The number of rotatable bonds is 3. The molecule has 1 aliphatic carbocycles. The number of benzene rings is 1. The van der Waals surface area contributed by atoms with Crippen LogP contribution in [-0.2, 0) is 12.1 Å². The first kappa shape index (κ1) is 11.0. The Morgan fingerprint density at radius 3 is 2.65 bits per heavy atom. The van der Waals surface area contributed by atoms with E-state index in [9.17, 15) is 0 Å². The third-order valence-electron chi connectivity index (χ3n) is 3.37. The smallest absolute Gasteiger partial charge is 0.0411 e. The highest BCUT2D eigenvalue weighted by molar-refractivity contribution is 7.15. The van der Waals surface area contributed by atoms with E-state index in [-0.39, 0.29) is 5.54 Å². The number of hydrogen-bond donors (Lipinski definition) is 2. The van der Waals surface area contributed by atoms with Crippen LogP contribution >= 0.6 is 11.3 Å². The number of thiophene rings is 1. The van der Waals surface area contributed by atoms with Crippen molar-refractivity contribution in [3.8, 4) is 10.4 Å². The van der Waals surface area contributed by atoms with E-state index in [1.165, 1.54) is 20.9 Å². The molecule has 1 aliphatic rings. The summed E-state index contributed by atoms with van der Waals surface area (Å²) in [6.07, 6.45) is 2.21. The van der Waals surface area contributed by atoms with Crippen molar-refractivity contribution in [3.05, 3.63) is 46.8 Å². The predicted molar refractivity (Wildman–Crippen MR) is 72.7 cm³/mol. The van der Waals surface area contributed by atoms with Crippen LogP contribution in [-0.4, -0.2) is 0 Å². The van der Waals surface area contributed by atoms with Crippen molar-refractivity contribution in [1.82, 2.24) is 0 Å². The second-order valence-corrected chi connectivity index (χ2v) is 5.88. The molecular weight excluding hydrogens is 228 g/mol. The molecule has 0 amide bonds. The van der Waals surface area contributed by atoms with E-state index in [0.717, 1.165) is 12.8 Å². The summed E-state index contributed by atoms with van der Waals surface area (Å²) in [7, 11) is 0. The first-order valence-electron chi connectivity index (χ1n) is 5.90. The van der Waals surface area contributed by atoms with Crippen molar-refractivity contribution >= 4 is 11.3 Å². The molecule has 1 aromatic heterocycles. The SMILES string of the molecule is NCc1ccc(-c2cccc(C3(N)CC3)c2)s1. The summed E-state index contributed by atoms with van der Waals surface area (Å²) >= 11 is 1.76. The van der Waals surface area contributed by atoms with Crippen molar-refractivity contribution in [1.29, 1.82) is 0 Å². The first-order valence-corrected chi connectivity index (χ1v) is 6.71. The Kier molecular flexibility index (Phi) is 2.54. The normalized spacial score (nSPS) is 17.1. The van der Waals surface area contributed by atoms with Crippen LogP contribution in [0.2, 0.25) is 0 Å². The van der Waals surface area contributed by atoms with E-state index >= 15 is 0 Å². The highest BCUT2D eigenvalue weighted by Gasteiger charge is 2.39. The lowest BCUT2D eigenvalue weighted by Gasteiger charge is -2.10. The molecule has 4 N–H and O–H groups in total. The average Bonchev–Trinajstić information content (AvgIpc) is 2.95. The maximum atomic E-state index is 6.23. The second-order valence-electron chi connectivity index (χ2n) is 4.71. The van der Waals surface area contributed by atoms with E-state index in [4.69, 9.17) is 11.5 Å². The van der Waals surface area contributed by atoms with Gasteiger partial charge in [-0.3, -0.25) is 0 Å². The Morgan fingerprint density at radius 1 is 1.18 bits per heavy atom. The Balaban J connectivity index is 1.97. The largest absolute Gasteiger partial charge is 0.326 e. The van der Waals surface area contributed by atoms with Gasteiger partial charge in [0.05, 0.1) is 0 Å². The fraction of sp³-hybridized carbons (Fsp3) is 0.286. The van der Waals surface area contributed by atoms with Crippen LogP contribution in [0.15, 0.2) is 36.4 Å². The topological polar surface area (TPSA) is 52.0 Å². The highest BCUT2D eigenvalue weighted by atomic mass is 32.1. The van der Waals surface area contributed by atoms with E-state index < -0.39 is 0 Å². The van der Waals surface area contributed by atoms with Crippen molar-refractivity contribution in [2.24, 2.45) is 11.5 Å². The minimum atomic E-state index is -0.0516. The zero-order valence-electron chi connectivity index (χ0n) is 9.65. The molecule has 1 fully saturated rings. The Bertz CT molecular complexity index is 541. The van der Waals surface area contributed by atoms with Gasteiger partial charge in [-0.2, -0.15) is 0 Å². The van der Waals surface area contributed by atoms with Crippen LogP contribution in [0.5, 0.6) is 0 Å². The zero-order valence-corrected chi connectivity index (χ0v) is 10.5. The minimum absolute atomic E-state index is 0.0516. The maximum Gasteiger partial charge on any atom is 0.0411 e. The predicted octanol–water partition coefficient (Wildman–Crippen LogP) is 2.82. The molecule has 0 bridgehead atoms. The highest BCUT2D eigenvalue weighted by Crippen LogP contribution is 2.43. The summed E-state index contributed by atoms with van der Waals surface area (Å²) in [5.41, 5.74) is 14.3. The molecule has 3 heteroatoms. The molecule has 2 aromatic rings. The quantitative estimate of drug-likeness (QED) is 0.872. The van der Waals surface area contributed by atoms with Gasteiger partial charge in [-0.25, -0.2) is 0 Å². The molecule has 3 rings (SSSR count). The van der Waals surface area contributed by atoms with E-state index in [2.05, 4.69) is 36.4 Å². The van der Waals surface area contributed by atoms with Crippen LogP contribution < -0.4 is 11.5 Å². The van der Waals surface area contributed by atoms with Crippen LogP contribution in [0.3, 0.4) is 0 Å². The van der Waals surface area contributed by atoms with Crippen LogP contribution in [0.1, 0.15) is 23.3 Å². The Morgan fingerprint density at radius 2 is 2.00 bits per heavy atom. The third kappa shape index (κ3) is 2.02. The summed E-state index contributed by atoms with van der Waals surface area (Å²) < 4.78 is 0. The molecule has 0 unspecified atom stereocenters. The number of nitrogens with two attached hydrogens (primary N) is 2. The van der Waals surface area contributed by atoms with Crippen LogP contribution in [0, 0.1) is 0 Å². The maximum absolute atomic E-state index is 6.23. The fourth-order valence-electron chi connectivity index (χ4n) is 2.05. The van der Waals surface area contributed by atoms with Crippen molar-refractivity contribution in [2.75, 3.05) is 0 Å². The van der Waals surface area contributed by atoms with E-state index in [1.54, 1.807) is 11.3 Å². The molecule has 1 heterocycles. The van der Waals surface area contributed by atoms with Gasteiger partial charge in [-0.05, 0) is 42.2 Å². The van der Waals surface area contributed by atoms with Crippen LogP contribution in [0.25, 0.3) is 10.4 Å². The lowest BCUT2D eigenvalue weighted by molar-refractivity contribution is 0.740. The molecule has 0 saturated heterocycles. The van der Waals surface area contributed by atoms with Gasteiger partial charge in [0.15, 0.2) is 0 Å². The molecule has 0 aliphatic heterocycles. The summed E-state index contributed by atoms with van der Waals surface area (Å²) in [6.45, 7) is 0.616. The van der Waals surface area contributed by atoms with Gasteiger partial charge in [0.2, 0.25) is 0 Å². The van der Waals surface area contributed by atoms with Gasteiger partial charge in [0, 0.05) is 21.8 Å². The van der Waals surface area contributed by atoms with Crippen molar-refractivity contribution in [3.63, 3.8) is 0 Å². The summed E-state index contributed by atoms with van der Waals surface area (Å²) in [5.74, 6) is 0. The lowest BCUT2D eigenvalue weighted by atomic mass is 10.0. The lowest BCUT2D eigenvalue weighted by Crippen LogP contribution is -2.18. The van der Waals surface area contributed by atoms with Crippen molar-refractivity contribution < 1.29 is 0 Å². The number of hydrogen-bond acceptors (Lipinski definition) is 3. The minimum Gasteiger partial charge on any atom is -0.326 e. The first-order chi connectivity index (χ1) is 8.21.